The Hall–Kier alpha value is -2.05. The quantitative estimate of drug-likeness (QED) is 0.766. The molecule has 3 rings (SSSR count). The lowest BCUT2D eigenvalue weighted by Gasteiger charge is -2.34. The molecule has 0 aromatic heterocycles. The highest BCUT2D eigenvalue weighted by Gasteiger charge is 2.38. The summed E-state index contributed by atoms with van der Waals surface area (Å²) in [6, 6.07) is 0.997. The number of carbonyl (C=O) groups is 2. The van der Waals surface area contributed by atoms with Gasteiger partial charge in [0.1, 0.15) is 6.04 Å². The van der Waals surface area contributed by atoms with Crippen molar-refractivity contribution in [2.75, 3.05) is 19.6 Å². The largest absolute Gasteiger partial charge is 0.341 e. The number of halogens is 3. The van der Waals surface area contributed by atoms with Crippen molar-refractivity contribution in [3.63, 3.8) is 0 Å². The number of carbonyl (C=O) groups excluding carboxylic acids is 2. The Kier molecular flexibility index (Phi) is 5.01. The highest BCUT2D eigenvalue weighted by atomic mass is 19.2. The zero-order valence-corrected chi connectivity index (χ0v) is 14.1. The summed E-state index contributed by atoms with van der Waals surface area (Å²) < 4.78 is 40.4. The fourth-order valence-electron chi connectivity index (χ4n) is 3.55. The smallest absolute Gasteiger partial charge is 0.257 e. The van der Waals surface area contributed by atoms with Crippen LogP contribution in [0, 0.1) is 23.4 Å². The Morgan fingerprint density at radius 2 is 1.68 bits per heavy atom. The number of amides is 2. The second kappa shape index (κ2) is 7.06. The van der Waals surface area contributed by atoms with Crippen LogP contribution in [0.4, 0.5) is 13.2 Å². The number of benzene rings is 1. The molecule has 0 N–H and O–H groups in total. The average molecular weight is 354 g/mol. The minimum absolute atomic E-state index is 0.138. The first-order valence-corrected chi connectivity index (χ1v) is 8.63. The van der Waals surface area contributed by atoms with Crippen LogP contribution < -0.4 is 0 Å². The van der Waals surface area contributed by atoms with Crippen LogP contribution in [0.15, 0.2) is 12.1 Å². The van der Waals surface area contributed by atoms with E-state index < -0.39 is 35.0 Å². The number of likely N-dealkylation sites (tertiary alicyclic amines) is 2. The van der Waals surface area contributed by atoms with Crippen LogP contribution in [0.5, 0.6) is 0 Å². The lowest BCUT2D eigenvalue weighted by Crippen LogP contribution is -2.50. The van der Waals surface area contributed by atoms with Crippen LogP contribution in [0.25, 0.3) is 0 Å². The van der Waals surface area contributed by atoms with Gasteiger partial charge in [-0.2, -0.15) is 0 Å². The van der Waals surface area contributed by atoms with Crippen LogP contribution in [-0.2, 0) is 4.79 Å². The maximum atomic E-state index is 13.9. The molecule has 0 aliphatic carbocycles. The van der Waals surface area contributed by atoms with E-state index in [2.05, 4.69) is 6.92 Å². The van der Waals surface area contributed by atoms with Crippen molar-refractivity contribution in [3.05, 3.63) is 35.1 Å². The summed E-state index contributed by atoms with van der Waals surface area (Å²) in [6.45, 7) is 3.74. The third kappa shape index (κ3) is 3.37. The maximum Gasteiger partial charge on any atom is 0.257 e. The molecule has 0 spiro atoms. The van der Waals surface area contributed by atoms with Gasteiger partial charge in [-0.05, 0) is 43.7 Å². The van der Waals surface area contributed by atoms with Crippen molar-refractivity contribution in [2.24, 2.45) is 5.92 Å². The van der Waals surface area contributed by atoms with Crippen molar-refractivity contribution in [1.29, 1.82) is 0 Å². The van der Waals surface area contributed by atoms with Gasteiger partial charge in [0.05, 0.1) is 5.56 Å². The summed E-state index contributed by atoms with van der Waals surface area (Å²) in [5.74, 6) is -4.85. The average Bonchev–Trinajstić information content (AvgIpc) is 3.09. The Bertz CT molecular complexity index is 687. The standard InChI is InChI=1S/C18H21F3N2O2/c1-11-6-9-22(10-7-11)18(25)14-3-2-8-23(14)17(24)12-4-5-13(19)16(21)15(12)20/h4-5,11,14H,2-3,6-10H2,1H3/t14-/m0/s1. The van der Waals surface area contributed by atoms with Gasteiger partial charge >= 0.3 is 0 Å². The molecule has 1 aromatic carbocycles. The van der Waals surface area contributed by atoms with Gasteiger partial charge in [-0.15, -0.1) is 0 Å². The molecule has 25 heavy (non-hydrogen) atoms. The molecule has 2 heterocycles. The number of hydrogen-bond acceptors (Lipinski definition) is 2. The lowest BCUT2D eigenvalue weighted by molar-refractivity contribution is -0.136. The molecule has 2 saturated heterocycles. The summed E-state index contributed by atoms with van der Waals surface area (Å²) in [4.78, 5) is 28.4. The van der Waals surface area contributed by atoms with Gasteiger partial charge in [-0.3, -0.25) is 9.59 Å². The van der Waals surface area contributed by atoms with Crippen LogP contribution in [-0.4, -0.2) is 47.3 Å². The third-order valence-electron chi connectivity index (χ3n) is 5.16. The SMILES string of the molecule is CC1CCN(C(=O)[C@@H]2CCCN2C(=O)c2ccc(F)c(F)c2F)CC1. The summed E-state index contributed by atoms with van der Waals surface area (Å²) in [7, 11) is 0. The summed E-state index contributed by atoms with van der Waals surface area (Å²) in [5.41, 5.74) is -0.536. The number of piperidine rings is 1. The minimum Gasteiger partial charge on any atom is -0.341 e. The molecule has 0 saturated carbocycles. The van der Waals surface area contributed by atoms with Gasteiger partial charge in [0.15, 0.2) is 17.5 Å². The molecule has 4 nitrogen and oxygen atoms in total. The fourth-order valence-corrected chi connectivity index (χ4v) is 3.55. The van der Waals surface area contributed by atoms with Crippen molar-refractivity contribution >= 4 is 11.8 Å². The molecule has 2 aliphatic rings. The molecule has 2 amide bonds. The van der Waals surface area contributed by atoms with E-state index in [0.29, 0.717) is 38.4 Å². The van der Waals surface area contributed by atoms with Crippen molar-refractivity contribution < 1.29 is 22.8 Å². The van der Waals surface area contributed by atoms with Crippen molar-refractivity contribution in [1.82, 2.24) is 9.80 Å². The number of hydrogen-bond donors (Lipinski definition) is 0. The predicted molar refractivity (Wildman–Crippen MR) is 85.4 cm³/mol. The van der Waals surface area contributed by atoms with E-state index >= 15 is 0 Å². The zero-order valence-electron chi connectivity index (χ0n) is 14.1. The van der Waals surface area contributed by atoms with Gasteiger partial charge in [-0.25, -0.2) is 13.2 Å². The first kappa shape index (κ1) is 17.8. The molecule has 2 aliphatic heterocycles. The monoisotopic (exact) mass is 354 g/mol. The molecular formula is C18H21F3N2O2. The Morgan fingerprint density at radius 3 is 2.36 bits per heavy atom. The topological polar surface area (TPSA) is 40.6 Å². The predicted octanol–water partition coefficient (Wildman–Crippen LogP) is 2.97. The first-order chi connectivity index (χ1) is 11.9. The van der Waals surface area contributed by atoms with Crippen molar-refractivity contribution in [3.8, 4) is 0 Å². The Labute approximate surface area is 144 Å². The van der Waals surface area contributed by atoms with E-state index in [9.17, 15) is 22.8 Å². The summed E-state index contributed by atoms with van der Waals surface area (Å²) >= 11 is 0. The van der Waals surface area contributed by atoms with Crippen LogP contribution in [0.1, 0.15) is 43.0 Å². The molecule has 136 valence electrons. The number of rotatable bonds is 2. The zero-order chi connectivity index (χ0) is 18.1. The van der Waals surface area contributed by atoms with E-state index in [1.165, 1.54) is 4.90 Å². The first-order valence-electron chi connectivity index (χ1n) is 8.63. The highest BCUT2D eigenvalue weighted by molar-refractivity contribution is 5.98. The maximum absolute atomic E-state index is 13.9. The van der Waals surface area contributed by atoms with Gasteiger partial charge < -0.3 is 9.80 Å². The van der Waals surface area contributed by atoms with Crippen LogP contribution in [0.3, 0.4) is 0 Å². The second-order valence-electron chi connectivity index (χ2n) is 6.89. The second-order valence-corrected chi connectivity index (χ2v) is 6.89. The molecule has 1 atom stereocenters. The van der Waals surface area contributed by atoms with E-state index in [1.54, 1.807) is 4.90 Å². The van der Waals surface area contributed by atoms with Gasteiger partial charge in [0, 0.05) is 19.6 Å². The van der Waals surface area contributed by atoms with E-state index in [4.69, 9.17) is 0 Å². The summed E-state index contributed by atoms with van der Waals surface area (Å²) in [6.07, 6.45) is 2.97. The molecular weight excluding hydrogens is 333 g/mol. The normalized spacial score (nSPS) is 21.7. The number of nitrogens with zero attached hydrogens (tertiary/aromatic N) is 2. The molecule has 7 heteroatoms. The van der Waals surface area contributed by atoms with Crippen LogP contribution in [0.2, 0.25) is 0 Å². The molecule has 0 radical (unpaired) electrons. The van der Waals surface area contributed by atoms with Crippen molar-refractivity contribution in [2.45, 2.75) is 38.6 Å². The third-order valence-corrected chi connectivity index (χ3v) is 5.16. The minimum atomic E-state index is -1.67. The Morgan fingerprint density at radius 1 is 1.00 bits per heavy atom. The lowest BCUT2D eigenvalue weighted by atomic mass is 9.98. The molecule has 0 unspecified atom stereocenters. The van der Waals surface area contributed by atoms with Gasteiger partial charge in [0.2, 0.25) is 5.91 Å². The fraction of sp³-hybridized carbons (Fsp3) is 0.556. The highest BCUT2D eigenvalue weighted by Crippen LogP contribution is 2.26. The van der Waals surface area contributed by atoms with Gasteiger partial charge in [0.25, 0.3) is 5.91 Å². The van der Waals surface area contributed by atoms with E-state index in [1.807, 2.05) is 0 Å². The molecule has 2 fully saturated rings. The van der Waals surface area contributed by atoms with E-state index in [-0.39, 0.29) is 5.91 Å². The van der Waals surface area contributed by atoms with Gasteiger partial charge in [-0.1, -0.05) is 6.92 Å². The Balaban J connectivity index is 1.78. The molecule has 0 bridgehead atoms. The molecule has 1 aromatic rings. The van der Waals surface area contributed by atoms with Crippen LogP contribution >= 0.6 is 0 Å². The van der Waals surface area contributed by atoms with E-state index in [0.717, 1.165) is 25.0 Å². The summed E-state index contributed by atoms with van der Waals surface area (Å²) in [5, 5.41) is 0.